The van der Waals surface area contributed by atoms with E-state index in [1.165, 1.54) is 26.4 Å². The molecule has 1 fully saturated rings. The van der Waals surface area contributed by atoms with Crippen molar-refractivity contribution in [1.82, 2.24) is 4.98 Å². The topological polar surface area (TPSA) is 80.8 Å². The standard InChI is InChI=1S/C26H29N3O4/c1-3-21-8-4-5-16-29(21)23-15-12-18-7-6-9-22(25(18)28-23)33-17-24(30)27-20-13-10-19(11-14-20)26(31)32-2/h6-7,9-15,21H,3-5,8,16-17H2,1-2H3,(H,27,30). The molecular formula is C26H29N3O4. The van der Waals surface area contributed by atoms with E-state index in [1.54, 1.807) is 24.3 Å². The number of benzene rings is 2. The molecule has 1 aliphatic rings. The van der Waals surface area contributed by atoms with Crippen molar-refractivity contribution in [3.8, 4) is 5.75 Å². The number of para-hydroxylation sites is 1. The zero-order valence-electron chi connectivity index (χ0n) is 19.0. The fourth-order valence-electron chi connectivity index (χ4n) is 4.26. The van der Waals surface area contributed by atoms with Crippen LogP contribution in [0.1, 0.15) is 43.0 Å². The van der Waals surface area contributed by atoms with Gasteiger partial charge in [-0.25, -0.2) is 9.78 Å². The number of esters is 1. The van der Waals surface area contributed by atoms with Crippen molar-refractivity contribution in [2.24, 2.45) is 0 Å². The molecule has 1 atom stereocenters. The van der Waals surface area contributed by atoms with Gasteiger partial charge < -0.3 is 19.7 Å². The Morgan fingerprint density at radius 1 is 1.09 bits per heavy atom. The Morgan fingerprint density at radius 2 is 1.91 bits per heavy atom. The minimum absolute atomic E-state index is 0.148. The quantitative estimate of drug-likeness (QED) is 0.524. The third-order valence-electron chi connectivity index (χ3n) is 6.01. The third kappa shape index (κ3) is 5.25. The van der Waals surface area contributed by atoms with E-state index >= 15 is 0 Å². The van der Waals surface area contributed by atoms with Crippen LogP contribution >= 0.6 is 0 Å². The summed E-state index contributed by atoms with van der Waals surface area (Å²) in [6, 6.07) is 16.9. The van der Waals surface area contributed by atoms with Gasteiger partial charge in [-0.05, 0) is 68.1 Å². The average molecular weight is 448 g/mol. The maximum absolute atomic E-state index is 12.4. The fraction of sp³-hybridized carbons (Fsp3) is 0.346. The molecule has 33 heavy (non-hydrogen) atoms. The summed E-state index contributed by atoms with van der Waals surface area (Å²) < 4.78 is 10.5. The van der Waals surface area contributed by atoms with Crippen LogP contribution in [0.2, 0.25) is 0 Å². The molecule has 1 aromatic heterocycles. The summed E-state index contributed by atoms with van der Waals surface area (Å²) in [6.45, 7) is 3.09. The zero-order valence-corrected chi connectivity index (χ0v) is 19.0. The second-order valence-corrected chi connectivity index (χ2v) is 8.15. The average Bonchev–Trinajstić information content (AvgIpc) is 2.87. The number of pyridine rings is 1. The van der Waals surface area contributed by atoms with Crippen LogP contribution in [0.15, 0.2) is 54.6 Å². The van der Waals surface area contributed by atoms with Crippen molar-refractivity contribution in [3.63, 3.8) is 0 Å². The lowest BCUT2D eigenvalue weighted by atomic mass is 10.00. The molecule has 1 amide bonds. The van der Waals surface area contributed by atoms with Crippen LogP contribution in [0.5, 0.6) is 5.75 Å². The van der Waals surface area contributed by atoms with E-state index in [9.17, 15) is 9.59 Å². The van der Waals surface area contributed by atoms with Crippen LogP contribution in [-0.4, -0.2) is 43.2 Å². The maximum atomic E-state index is 12.4. The van der Waals surface area contributed by atoms with Crippen LogP contribution in [0.4, 0.5) is 11.5 Å². The molecular weight excluding hydrogens is 418 g/mol. The smallest absolute Gasteiger partial charge is 0.337 e. The van der Waals surface area contributed by atoms with E-state index in [0.717, 1.165) is 29.7 Å². The number of hydrogen-bond acceptors (Lipinski definition) is 6. The number of carbonyl (C=O) groups is 2. The number of fused-ring (bicyclic) bond motifs is 1. The zero-order chi connectivity index (χ0) is 23.2. The predicted molar refractivity (Wildman–Crippen MR) is 129 cm³/mol. The molecule has 1 unspecified atom stereocenters. The lowest BCUT2D eigenvalue weighted by molar-refractivity contribution is -0.118. The second-order valence-electron chi connectivity index (χ2n) is 8.15. The summed E-state index contributed by atoms with van der Waals surface area (Å²) in [5, 5.41) is 3.75. The molecule has 0 spiro atoms. The van der Waals surface area contributed by atoms with Crippen molar-refractivity contribution in [1.29, 1.82) is 0 Å². The van der Waals surface area contributed by atoms with Gasteiger partial charge in [0, 0.05) is 23.7 Å². The largest absolute Gasteiger partial charge is 0.481 e. The van der Waals surface area contributed by atoms with Crippen molar-refractivity contribution >= 4 is 34.3 Å². The van der Waals surface area contributed by atoms with Crippen LogP contribution in [0, 0.1) is 0 Å². The summed E-state index contributed by atoms with van der Waals surface area (Å²) in [5.41, 5.74) is 1.75. The van der Waals surface area contributed by atoms with Gasteiger partial charge in [0.1, 0.15) is 17.1 Å². The van der Waals surface area contributed by atoms with Crippen LogP contribution < -0.4 is 15.0 Å². The van der Waals surface area contributed by atoms with Gasteiger partial charge in [-0.2, -0.15) is 0 Å². The number of amides is 1. The summed E-state index contributed by atoms with van der Waals surface area (Å²) in [4.78, 5) is 31.3. The Bertz CT molecular complexity index is 1130. The van der Waals surface area contributed by atoms with Crippen molar-refractivity contribution in [3.05, 3.63) is 60.2 Å². The van der Waals surface area contributed by atoms with Gasteiger partial charge in [-0.1, -0.05) is 19.1 Å². The minimum atomic E-state index is -0.422. The first-order chi connectivity index (χ1) is 16.1. The first-order valence-electron chi connectivity index (χ1n) is 11.4. The van der Waals surface area contributed by atoms with Gasteiger partial charge in [0.05, 0.1) is 12.7 Å². The van der Waals surface area contributed by atoms with Gasteiger partial charge in [0.25, 0.3) is 5.91 Å². The summed E-state index contributed by atoms with van der Waals surface area (Å²) in [7, 11) is 1.33. The van der Waals surface area contributed by atoms with E-state index in [-0.39, 0.29) is 12.5 Å². The second kappa shape index (κ2) is 10.3. The Hall–Kier alpha value is -3.61. The third-order valence-corrected chi connectivity index (χ3v) is 6.01. The summed E-state index contributed by atoms with van der Waals surface area (Å²) >= 11 is 0. The summed E-state index contributed by atoms with van der Waals surface area (Å²) in [6.07, 6.45) is 4.72. The normalized spacial score (nSPS) is 15.8. The van der Waals surface area contributed by atoms with E-state index in [1.807, 2.05) is 18.2 Å². The van der Waals surface area contributed by atoms with Crippen molar-refractivity contribution in [2.45, 2.75) is 38.6 Å². The van der Waals surface area contributed by atoms with Gasteiger partial charge in [-0.3, -0.25) is 4.79 Å². The molecule has 0 aliphatic carbocycles. The van der Waals surface area contributed by atoms with Crippen molar-refractivity contribution < 1.29 is 19.1 Å². The molecule has 3 aromatic rings. The SMILES string of the molecule is CCC1CCCCN1c1ccc2cccc(OCC(=O)Nc3ccc(C(=O)OC)cc3)c2n1. The van der Waals surface area contributed by atoms with Gasteiger partial charge in [0.2, 0.25) is 0 Å². The van der Waals surface area contributed by atoms with Crippen LogP contribution in [-0.2, 0) is 9.53 Å². The van der Waals surface area contributed by atoms with E-state index in [2.05, 4.69) is 34.0 Å². The Morgan fingerprint density at radius 3 is 2.67 bits per heavy atom. The number of rotatable bonds is 7. The Kier molecular flexibility index (Phi) is 7.07. The minimum Gasteiger partial charge on any atom is -0.481 e. The molecule has 2 heterocycles. The molecule has 172 valence electrons. The van der Waals surface area contributed by atoms with Gasteiger partial charge in [0.15, 0.2) is 6.61 Å². The van der Waals surface area contributed by atoms with Crippen LogP contribution in [0.3, 0.4) is 0 Å². The highest BCUT2D eigenvalue weighted by Gasteiger charge is 2.22. The number of nitrogens with one attached hydrogen (secondary N) is 1. The van der Waals surface area contributed by atoms with Gasteiger partial charge >= 0.3 is 5.97 Å². The van der Waals surface area contributed by atoms with E-state index in [4.69, 9.17) is 9.72 Å². The molecule has 2 aromatic carbocycles. The number of hydrogen-bond donors (Lipinski definition) is 1. The lowest BCUT2D eigenvalue weighted by Crippen LogP contribution is -2.39. The molecule has 7 heteroatoms. The molecule has 0 saturated carbocycles. The highest BCUT2D eigenvalue weighted by atomic mass is 16.5. The fourth-order valence-corrected chi connectivity index (χ4v) is 4.26. The highest BCUT2D eigenvalue weighted by molar-refractivity contribution is 5.94. The molecule has 1 saturated heterocycles. The number of ether oxygens (including phenoxy) is 2. The van der Waals surface area contributed by atoms with Gasteiger partial charge in [-0.15, -0.1) is 0 Å². The Labute approximate surface area is 193 Å². The molecule has 7 nitrogen and oxygen atoms in total. The predicted octanol–water partition coefficient (Wildman–Crippen LogP) is 4.81. The highest BCUT2D eigenvalue weighted by Crippen LogP contribution is 2.30. The molecule has 1 N–H and O–H groups in total. The number of anilines is 2. The monoisotopic (exact) mass is 447 g/mol. The maximum Gasteiger partial charge on any atom is 0.337 e. The van der Waals surface area contributed by atoms with Crippen molar-refractivity contribution in [2.75, 3.05) is 30.5 Å². The number of carbonyl (C=O) groups excluding carboxylic acids is 2. The lowest BCUT2D eigenvalue weighted by Gasteiger charge is -2.36. The first-order valence-corrected chi connectivity index (χ1v) is 11.4. The van der Waals surface area contributed by atoms with Crippen LogP contribution in [0.25, 0.3) is 10.9 Å². The number of piperidine rings is 1. The first kappa shape index (κ1) is 22.6. The number of nitrogens with zero attached hydrogens (tertiary/aromatic N) is 2. The molecule has 4 rings (SSSR count). The Balaban J connectivity index is 1.45. The molecule has 0 bridgehead atoms. The number of aromatic nitrogens is 1. The van der Waals surface area contributed by atoms with E-state index < -0.39 is 5.97 Å². The summed E-state index contributed by atoms with van der Waals surface area (Å²) in [5.74, 6) is 0.820. The number of methoxy groups -OCH3 is 1. The van der Waals surface area contributed by atoms with E-state index in [0.29, 0.717) is 23.0 Å². The molecule has 0 radical (unpaired) electrons. The molecule has 1 aliphatic heterocycles.